The first-order valence-corrected chi connectivity index (χ1v) is 13.7. The van der Waals surface area contributed by atoms with Crippen molar-refractivity contribution in [3.63, 3.8) is 0 Å². The number of nitrogens with zero attached hydrogens (tertiary/aromatic N) is 4. The zero-order valence-corrected chi connectivity index (χ0v) is 23.9. The summed E-state index contributed by atoms with van der Waals surface area (Å²) in [4.78, 5) is 38.4. The molecule has 4 aromatic rings. The fraction of sp³-hybridized carbons (Fsp3) is 0.250. The SMILES string of the molecule is COc1ccc(CN2Cc3nc(-c4c(F)cccc4F)nc(Nc4ccc(C5CCN(C)C5=O)cc4)c3C2=O)c(OC)c1. The van der Waals surface area contributed by atoms with Crippen molar-refractivity contribution < 1.29 is 27.8 Å². The number of ether oxygens (including phenoxy) is 2. The lowest BCUT2D eigenvalue weighted by atomic mass is 9.97. The lowest BCUT2D eigenvalue weighted by Crippen LogP contribution is -2.24. The number of aromatic nitrogens is 2. The zero-order chi connectivity index (χ0) is 30.2. The number of carbonyl (C=O) groups is 2. The molecule has 2 aliphatic heterocycles. The summed E-state index contributed by atoms with van der Waals surface area (Å²) in [5.41, 5.74) is 2.39. The molecule has 6 rings (SSSR count). The van der Waals surface area contributed by atoms with Gasteiger partial charge in [-0.25, -0.2) is 18.7 Å². The standard InChI is InChI=1S/C32H29F2N5O4/c1-38-14-13-22(31(38)40)18-7-10-20(11-8-18)35-30-28-25(36-29(37-30)27-23(33)5-4-6-24(27)34)17-39(32(28)41)16-19-9-12-21(42-2)15-26(19)43-3/h4-12,15,22H,13-14,16-17H2,1-3H3,(H,35,36,37). The number of halogens is 2. The summed E-state index contributed by atoms with van der Waals surface area (Å²) >= 11 is 0. The molecule has 1 unspecified atom stereocenters. The molecule has 0 aliphatic carbocycles. The van der Waals surface area contributed by atoms with Gasteiger partial charge in [-0.1, -0.05) is 18.2 Å². The van der Waals surface area contributed by atoms with Crippen molar-refractivity contribution in [2.75, 3.05) is 33.1 Å². The van der Waals surface area contributed by atoms with E-state index in [2.05, 4.69) is 15.3 Å². The number of likely N-dealkylation sites (tertiary alicyclic amines) is 1. The Morgan fingerprint density at radius 2 is 1.70 bits per heavy atom. The molecular weight excluding hydrogens is 556 g/mol. The molecule has 1 aromatic heterocycles. The van der Waals surface area contributed by atoms with Gasteiger partial charge in [-0.2, -0.15) is 0 Å². The fourth-order valence-corrected chi connectivity index (χ4v) is 5.55. The van der Waals surface area contributed by atoms with Crippen LogP contribution in [0.3, 0.4) is 0 Å². The van der Waals surface area contributed by atoms with E-state index in [4.69, 9.17) is 9.47 Å². The first kappa shape index (κ1) is 28.1. The average Bonchev–Trinajstić information content (AvgIpc) is 3.51. The highest BCUT2D eigenvalue weighted by molar-refractivity contribution is 6.03. The van der Waals surface area contributed by atoms with Crippen LogP contribution in [0, 0.1) is 11.6 Å². The number of hydrogen-bond donors (Lipinski definition) is 1. The van der Waals surface area contributed by atoms with Crippen molar-refractivity contribution in [1.82, 2.24) is 19.8 Å². The van der Waals surface area contributed by atoms with Gasteiger partial charge in [-0.15, -0.1) is 0 Å². The highest BCUT2D eigenvalue weighted by atomic mass is 19.1. The van der Waals surface area contributed by atoms with E-state index in [-0.39, 0.29) is 53.6 Å². The summed E-state index contributed by atoms with van der Waals surface area (Å²) in [5, 5.41) is 3.16. The van der Waals surface area contributed by atoms with E-state index in [9.17, 15) is 18.4 Å². The van der Waals surface area contributed by atoms with Crippen LogP contribution in [0.15, 0.2) is 60.7 Å². The molecule has 1 fully saturated rings. The second-order valence-corrected chi connectivity index (χ2v) is 10.5. The first-order valence-electron chi connectivity index (χ1n) is 13.7. The number of rotatable bonds is 8. The minimum atomic E-state index is -0.814. The van der Waals surface area contributed by atoms with Gasteiger partial charge in [0, 0.05) is 30.9 Å². The third kappa shape index (κ3) is 5.22. The predicted octanol–water partition coefficient (Wildman–Crippen LogP) is 5.28. The number of benzene rings is 3. The van der Waals surface area contributed by atoms with E-state index in [0.29, 0.717) is 29.4 Å². The quantitative estimate of drug-likeness (QED) is 0.300. The minimum Gasteiger partial charge on any atom is -0.497 e. The van der Waals surface area contributed by atoms with Crippen molar-refractivity contribution in [2.45, 2.75) is 25.4 Å². The molecule has 3 aromatic carbocycles. The average molecular weight is 586 g/mol. The molecule has 0 saturated carbocycles. The van der Waals surface area contributed by atoms with Gasteiger partial charge in [0.2, 0.25) is 5.91 Å². The first-order chi connectivity index (χ1) is 20.8. The highest BCUT2D eigenvalue weighted by Gasteiger charge is 2.35. The molecule has 0 bridgehead atoms. The second-order valence-electron chi connectivity index (χ2n) is 10.5. The number of fused-ring (bicyclic) bond motifs is 1. The number of anilines is 2. The lowest BCUT2D eigenvalue weighted by molar-refractivity contribution is -0.127. The summed E-state index contributed by atoms with van der Waals surface area (Å²) in [5.74, 6) is -0.989. The number of carbonyl (C=O) groups excluding carboxylic acids is 2. The molecule has 9 nitrogen and oxygen atoms in total. The normalized spacial score (nSPS) is 16.1. The maximum absolute atomic E-state index is 14.8. The van der Waals surface area contributed by atoms with Gasteiger partial charge in [0.15, 0.2) is 5.82 Å². The van der Waals surface area contributed by atoms with E-state index in [1.165, 1.54) is 13.2 Å². The molecule has 2 aliphatic rings. The Morgan fingerprint density at radius 1 is 0.953 bits per heavy atom. The largest absolute Gasteiger partial charge is 0.497 e. The van der Waals surface area contributed by atoms with Crippen molar-refractivity contribution in [2.24, 2.45) is 0 Å². The number of hydrogen-bond acceptors (Lipinski definition) is 7. The highest BCUT2D eigenvalue weighted by Crippen LogP contribution is 2.36. The number of methoxy groups -OCH3 is 2. The van der Waals surface area contributed by atoms with E-state index in [1.807, 2.05) is 18.2 Å². The van der Waals surface area contributed by atoms with Crippen molar-refractivity contribution >= 4 is 23.3 Å². The van der Waals surface area contributed by atoms with Gasteiger partial charge in [-0.05, 0) is 48.4 Å². The molecule has 220 valence electrons. The maximum Gasteiger partial charge on any atom is 0.260 e. The van der Waals surface area contributed by atoms with Crippen LogP contribution in [-0.2, 0) is 17.9 Å². The molecule has 1 N–H and O–H groups in total. The van der Waals surface area contributed by atoms with E-state index in [0.717, 1.165) is 29.7 Å². The monoisotopic (exact) mass is 585 g/mol. The van der Waals surface area contributed by atoms with Gasteiger partial charge in [-0.3, -0.25) is 9.59 Å². The topological polar surface area (TPSA) is 96.9 Å². The van der Waals surface area contributed by atoms with Crippen LogP contribution in [0.4, 0.5) is 20.3 Å². The Hall–Kier alpha value is -5.06. The molecule has 2 amide bonds. The van der Waals surface area contributed by atoms with Crippen LogP contribution in [0.1, 0.15) is 39.5 Å². The third-order valence-corrected chi connectivity index (χ3v) is 7.87. The maximum atomic E-state index is 14.8. The summed E-state index contributed by atoms with van der Waals surface area (Å²) in [6.45, 7) is 0.997. The third-order valence-electron chi connectivity index (χ3n) is 7.87. The van der Waals surface area contributed by atoms with Gasteiger partial charge in [0.25, 0.3) is 5.91 Å². The van der Waals surface area contributed by atoms with Crippen LogP contribution in [0.2, 0.25) is 0 Å². The summed E-state index contributed by atoms with van der Waals surface area (Å²) in [6.07, 6.45) is 0.739. The van der Waals surface area contributed by atoms with Gasteiger partial charge >= 0.3 is 0 Å². The van der Waals surface area contributed by atoms with E-state index >= 15 is 0 Å². The summed E-state index contributed by atoms with van der Waals surface area (Å²) < 4.78 is 40.4. The fourth-order valence-electron chi connectivity index (χ4n) is 5.55. The van der Waals surface area contributed by atoms with Crippen molar-refractivity contribution in [3.8, 4) is 22.9 Å². The van der Waals surface area contributed by atoms with E-state index < -0.39 is 11.6 Å². The molecule has 11 heteroatoms. The lowest BCUT2D eigenvalue weighted by Gasteiger charge is -2.18. The van der Waals surface area contributed by atoms with Gasteiger partial charge in [0.05, 0.1) is 44.5 Å². The number of amides is 2. The smallest absolute Gasteiger partial charge is 0.260 e. The van der Waals surface area contributed by atoms with Crippen molar-refractivity contribution in [3.05, 3.63) is 94.7 Å². The molecule has 3 heterocycles. The summed E-state index contributed by atoms with van der Waals surface area (Å²) in [6, 6.07) is 16.1. The Bertz CT molecular complexity index is 1710. The summed E-state index contributed by atoms with van der Waals surface area (Å²) in [7, 11) is 4.88. The number of nitrogens with one attached hydrogen (secondary N) is 1. The predicted molar refractivity (Wildman–Crippen MR) is 155 cm³/mol. The Balaban J connectivity index is 1.36. The zero-order valence-electron chi connectivity index (χ0n) is 23.9. The molecule has 1 atom stereocenters. The van der Waals surface area contributed by atoms with Gasteiger partial charge < -0.3 is 24.6 Å². The van der Waals surface area contributed by atoms with Crippen LogP contribution in [0.25, 0.3) is 11.4 Å². The van der Waals surface area contributed by atoms with E-state index in [1.54, 1.807) is 48.2 Å². The molecule has 1 saturated heterocycles. The Labute approximate surface area is 247 Å². The second kappa shape index (κ2) is 11.3. The number of likely N-dealkylation sites (N-methyl/N-ethyl adjacent to an activating group) is 1. The molecular formula is C32H29F2N5O4. The molecule has 43 heavy (non-hydrogen) atoms. The van der Waals surface area contributed by atoms with Crippen molar-refractivity contribution in [1.29, 1.82) is 0 Å². The van der Waals surface area contributed by atoms with Crippen LogP contribution < -0.4 is 14.8 Å². The van der Waals surface area contributed by atoms with Crippen LogP contribution >= 0.6 is 0 Å². The Morgan fingerprint density at radius 3 is 2.35 bits per heavy atom. The molecule has 0 spiro atoms. The minimum absolute atomic E-state index is 0.0741. The van der Waals surface area contributed by atoms with Crippen LogP contribution in [-0.4, -0.2) is 59.4 Å². The van der Waals surface area contributed by atoms with Gasteiger partial charge in [0.1, 0.15) is 34.5 Å². The van der Waals surface area contributed by atoms with Crippen LogP contribution in [0.5, 0.6) is 11.5 Å². The molecule has 0 radical (unpaired) electrons. The Kier molecular flexibility index (Phi) is 7.39.